The third-order valence-corrected chi connectivity index (χ3v) is 8.77. The highest BCUT2D eigenvalue weighted by atomic mass is 35.5. The van der Waals surface area contributed by atoms with Crippen LogP contribution in [0.15, 0.2) is 42.5 Å². The van der Waals surface area contributed by atoms with Crippen LogP contribution in [0.1, 0.15) is 48.3 Å². The minimum absolute atomic E-state index is 0.0812. The molecule has 2 aromatic rings. The van der Waals surface area contributed by atoms with Crippen LogP contribution in [0, 0.1) is 0 Å². The van der Waals surface area contributed by atoms with Crippen molar-refractivity contribution in [3.05, 3.63) is 64.2 Å². The minimum Gasteiger partial charge on any atom is -0.494 e. The van der Waals surface area contributed by atoms with Crippen LogP contribution in [0.3, 0.4) is 0 Å². The van der Waals surface area contributed by atoms with Gasteiger partial charge in [-0.15, -0.1) is 0 Å². The Hall–Kier alpha value is -1.56. The Bertz CT molecular complexity index is 972. The summed E-state index contributed by atoms with van der Waals surface area (Å²) in [5, 5.41) is 0.675. The summed E-state index contributed by atoms with van der Waals surface area (Å²) in [6.45, 7) is 0.409. The third kappa shape index (κ3) is 4.96. The van der Waals surface area contributed by atoms with Gasteiger partial charge in [0.05, 0.1) is 17.6 Å². The first kappa shape index (κ1) is 20.7. The van der Waals surface area contributed by atoms with E-state index in [1.165, 1.54) is 11.1 Å². The van der Waals surface area contributed by atoms with Crippen LogP contribution < -0.4 is 10.5 Å². The zero-order chi connectivity index (χ0) is 20.4. The van der Waals surface area contributed by atoms with E-state index >= 15 is 0 Å². The monoisotopic (exact) mass is 433 g/mol. The van der Waals surface area contributed by atoms with E-state index in [1.54, 1.807) is 0 Å². The lowest BCUT2D eigenvalue weighted by Crippen LogP contribution is -2.34. The van der Waals surface area contributed by atoms with Gasteiger partial charge in [-0.3, -0.25) is 0 Å². The molecule has 2 atom stereocenters. The molecule has 4 rings (SSSR count). The average Bonchev–Trinajstić information content (AvgIpc) is 3.55. The molecule has 4 nitrogen and oxygen atoms in total. The number of rotatable bonds is 8. The summed E-state index contributed by atoms with van der Waals surface area (Å²) in [6.07, 6.45) is 4.90. The maximum absolute atomic E-state index is 12.0. The number of benzene rings is 2. The lowest BCUT2D eigenvalue weighted by Gasteiger charge is -2.32. The fourth-order valence-corrected chi connectivity index (χ4v) is 6.12. The van der Waals surface area contributed by atoms with Gasteiger partial charge in [-0.2, -0.15) is 0 Å². The highest BCUT2D eigenvalue weighted by Crippen LogP contribution is 2.37. The molecular formula is C23H28ClNO3S. The summed E-state index contributed by atoms with van der Waals surface area (Å²) < 4.78 is 29.9. The number of hydrogen-bond acceptors (Lipinski definition) is 4. The van der Waals surface area contributed by atoms with E-state index in [0.717, 1.165) is 48.4 Å². The Labute approximate surface area is 178 Å². The summed E-state index contributed by atoms with van der Waals surface area (Å²) >= 11 is 6.38. The number of sulfone groups is 1. The van der Waals surface area contributed by atoms with Gasteiger partial charge in [0.25, 0.3) is 0 Å². The first-order valence-electron chi connectivity index (χ1n) is 10.4. The van der Waals surface area contributed by atoms with Gasteiger partial charge < -0.3 is 10.5 Å². The standard InChI is InChI=1S/C23H28ClNO3S/c24-22-5-2-1-4-17(22)14-21-20-15-18(8-6-16(20)7-11-23(21)25)28-12-3-13-29(26,27)19-9-10-19/h1-2,4-6,8,15,19,21,23H,3,7,9-14,25H2. The zero-order valence-electron chi connectivity index (χ0n) is 16.5. The number of aryl methyl sites for hydroxylation is 1. The van der Waals surface area contributed by atoms with Crippen LogP contribution in [0.25, 0.3) is 0 Å². The van der Waals surface area contributed by atoms with Crippen LogP contribution in [0.4, 0.5) is 0 Å². The number of hydrogen-bond donors (Lipinski definition) is 1. The summed E-state index contributed by atoms with van der Waals surface area (Å²) in [4.78, 5) is 0. The number of halogens is 1. The molecular weight excluding hydrogens is 406 g/mol. The van der Waals surface area contributed by atoms with Crippen molar-refractivity contribution < 1.29 is 13.2 Å². The van der Waals surface area contributed by atoms with E-state index in [0.29, 0.717) is 13.0 Å². The molecule has 2 aliphatic rings. The van der Waals surface area contributed by atoms with Crippen molar-refractivity contribution in [2.24, 2.45) is 5.73 Å². The molecule has 2 unspecified atom stereocenters. The van der Waals surface area contributed by atoms with Crippen LogP contribution >= 0.6 is 11.6 Å². The Kier molecular flexibility index (Phi) is 6.19. The largest absolute Gasteiger partial charge is 0.494 e. The second kappa shape index (κ2) is 8.66. The third-order valence-electron chi connectivity index (χ3n) is 6.05. The van der Waals surface area contributed by atoms with Gasteiger partial charge in [0, 0.05) is 17.0 Å². The molecule has 0 aliphatic heterocycles. The Morgan fingerprint density at radius 3 is 2.66 bits per heavy atom. The van der Waals surface area contributed by atoms with E-state index in [-0.39, 0.29) is 23.0 Å². The molecule has 156 valence electrons. The van der Waals surface area contributed by atoms with Crippen molar-refractivity contribution >= 4 is 21.4 Å². The molecule has 2 aliphatic carbocycles. The molecule has 0 spiro atoms. The second-order valence-corrected chi connectivity index (χ2v) is 11.0. The van der Waals surface area contributed by atoms with Crippen LogP contribution in [-0.2, 0) is 22.7 Å². The second-order valence-electron chi connectivity index (χ2n) is 8.23. The summed E-state index contributed by atoms with van der Waals surface area (Å²) in [5.74, 6) is 1.19. The van der Waals surface area contributed by atoms with Gasteiger partial charge in [-0.1, -0.05) is 35.9 Å². The highest BCUT2D eigenvalue weighted by Gasteiger charge is 2.35. The van der Waals surface area contributed by atoms with Gasteiger partial charge in [0.15, 0.2) is 9.84 Å². The normalized spacial score (nSPS) is 21.6. The molecule has 0 saturated heterocycles. The van der Waals surface area contributed by atoms with Crippen LogP contribution in [0.5, 0.6) is 5.75 Å². The van der Waals surface area contributed by atoms with Crippen molar-refractivity contribution in [2.45, 2.75) is 55.7 Å². The van der Waals surface area contributed by atoms with Gasteiger partial charge in [-0.05, 0) is 73.4 Å². The minimum atomic E-state index is -2.92. The predicted octanol–water partition coefficient (Wildman–Crippen LogP) is 4.29. The molecule has 29 heavy (non-hydrogen) atoms. The van der Waals surface area contributed by atoms with Crippen LogP contribution in [-0.4, -0.2) is 32.1 Å². The van der Waals surface area contributed by atoms with E-state index in [1.807, 2.05) is 24.3 Å². The molecule has 2 N–H and O–H groups in total. The van der Waals surface area contributed by atoms with Gasteiger partial charge in [0.1, 0.15) is 5.75 Å². The fourth-order valence-electron chi connectivity index (χ4n) is 4.20. The molecule has 1 saturated carbocycles. The summed E-state index contributed by atoms with van der Waals surface area (Å²) in [6, 6.07) is 14.2. The smallest absolute Gasteiger partial charge is 0.153 e. The van der Waals surface area contributed by atoms with E-state index < -0.39 is 9.84 Å². The summed E-state index contributed by atoms with van der Waals surface area (Å²) in [5.41, 5.74) is 10.1. The molecule has 6 heteroatoms. The van der Waals surface area contributed by atoms with Crippen molar-refractivity contribution in [3.63, 3.8) is 0 Å². The predicted molar refractivity (Wildman–Crippen MR) is 118 cm³/mol. The van der Waals surface area contributed by atoms with Crippen LogP contribution in [0.2, 0.25) is 5.02 Å². The highest BCUT2D eigenvalue weighted by molar-refractivity contribution is 7.92. The fraction of sp³-hybridized carbons (Fsp3) is 0.478. The van der Waals surface area contributed by atoms with E-state index in [9.17, 15) is 8.42 Å². The topological polar surface area (TPSA) is 69.4 Å². The number of nitrogens with two attached hydrogens (primary N) is 1. The number of fused-ring (bicyclic) bond motifs is 1. The average molecular weight is 434 g/mol. The Morgan fingerprint density at radius 2 is 1.90 bits per heavy atom. The van der Waals surface area contributed by atoms with Gasteiger partial charge in [0.2, 0.25) is 0 Å². The summed E-state index contributed by atoms with van der Waals surface area (Å²) in [7, 11) is -2.92. The lowest BCUT2D eigenvalue weighted by atomic mass is 9.76. The van der Waals surface area contributed by atoms with Gasteiger partial charge >= 0.3 is 0 Å². The SMILES string of the molecule is NC1CCc2ccc(OCCCS(=O)(=O)C3CC3)cc2C1Cc1ccccc1Cl. The Balaban J connectivity index is 1.44. The van der Waals surface area contributed by atoms with E-state index in [4.69, 9.17) is 22.1 Å². The van der Waals surface area contributed by atoms with Crippen molar-refractivity contribution in [3.8, 4) is 5.75 Å². The molecule has 1 fully saturated rings. The van der Waals surface area contributed by atoms with Crippen molar-refractivity contribution in [1.29, 1.82) is 0 Å². The molecule has 2 aromatic carbocycles. The molecule has 0 aromatic heterocycles. The molecule has 0 radical (unpaired) electrons. The quantitative estimate of drug-likeness (QED) is 0.630. The van der Waals surface area contributed by atoms with E-state index in [2.05, 4.69) is 18.2 Å². The maximum Gasteiger partial charge on any atom is 0.153 e. The Morgan fingerprint density at radius 1 is 1.10 bits per heavy atom. The molecule has 0 heterocycles. The lowest BCUT2D eigenvalue weighted by molar-refractivity contribution is 0.316. The maximum atomic E-state index is 12.0. The van der Waals surface area contributed by atoms with Crippen molar-refractivity contribution in [1.82, 2.24) is 0 Å². The molecule has 0 bridgehead atoms. The first-order valence-corrected chi connectivity index (χ1v) is 12.5. The van der Waals surface area contributed by atoms with Gasteiger partial charge in [-0.25, -0.2) is 8.42 Å². The van der Waals surface area contributed by atoms with Crippen molar-refractivity contribution in [2.75, 3.05) is 12.4 Å². The molecule has 0 amide bonds. The number of ether oxygens (including phenoxy) is 1. The zero-order valence-corrected chi connectivity index (χ0v) is 18.1. The first-order chi connectivity index (χ1) is 13.9.